The van der Waals surface area contributed by atoms with Crippen LogP contribution in [-0.2, 0) is 9.59 Å². The molecular weight excluding hydrogens is 857 g/mol. The van der Waals surface area contributed by atoms with Gasteiger partial charge in [-0.2, -0.15) is 0 Å². The number of unbranched alkanes of at least 4 members (excludes halogenated alkanes) is 45. The Morgan fingerprint density at radius 3 is 0.657 bits per heavy atom. The zero-order valence-electron chi connectivity index (χ0n) is 47.9. The summed E-state index contributed by atoms with van der Waals surface area (Å²) >= 11 is 0. The SMILES string of the molecule is CCCCCCCC/C=C\CCCCCCCCCCCC(=O)O.CCCCCCCC/C=C\CCCCCCCCCCCCC(CCCCCCCCCC/C=C\CCCCCCCC)C(=O)O. The van der Waals surface area contributed by atoms with Crippen molar-refractivity contribution in [3.8, 4) is 0 Å². The maximum atomic E-state index is 11.7. The van der Waals surface area contributed by atoms with E-state index in [1.54, 1.807) is 0 Å². The molecule has 1 atom stereocenters. The van der Waals surface area contributed by atoms with Crippen molar-refractivity contribution in [2.75, 3.05) is 0 Å². The molecule has 0 aliphatic heterocycles. The number of carboxylic acids is 2. The van der Waals surface area contributed by atoms with Crippen LogP contribution in [0, 0.1) is 5.92 Å². The predicted molar refractivity (Wildman–Crippen MR) is 313 cm³/mol. The van der Waals surface area contributed by atoms with E-state index in [0.29, 0.717) is 6.42 Å². The van der Waals surface area contributed by atoms with Gasteiger partial charge >= 0.3 is 11.9 Å². The standard InChI is InChI=1S/C44H84O2.C22H42O2/c1-3-5-7-9-11-13-15-17-19-21-23-24-26-28-30-32-34-36-38-40-42-43(44(45)46)41-39-37-35-33-31-29-27-25-22-20-18-16-14-12-10-8-6-4-2;1-2-3-4-5-6-7-8-9-10-11-12-13-14-15-16-17-18-19-20-21-22(23)24/h17-20,43H,3-16,21-42H2,1-2H3,(H,45,46);9-10H,2-8,11-21H2,1H3,(H,23,24)/b19-17-,20-18-;10-9-. The maximum absolute atomic E-state index is 11.7. The Balaban J connectivity index is 0. The first-order chi connectivity index (χ1) is 34.5. The first-order valence-electron chi connectivity index (χ1n) is 31.9. The van der Waals surface area contributed by atoms with Crippen molar-refractivity contribution in [1.29, 1.82) is 0 Å². The van der Waals surface area contributed by atoms with Crippen molar-refractivity contribution in [2.24, 2.45) is 5.92 Å². The number of hydrogen-bond donors (Lipinski definition) is 2. The summed E-state index contributed by atoms with van der Waals surface area (Å²) in [6.45, 7) is 6.84. The van der Waals surface area contributed by atoms with Gasteiger partial charge in [0.1, 0.15) is 0 Å². The Morgan fingerprint density at radius 2 is 0.457 bits per heavy atom. The van der Waals surface area contributed by atoms with Gasteiger partial charge in [-0.15, -0.1) is 0 Å². The molecule has 0 radical (unpaired) electrons. The molecule has 4 heteroatoms. The molecule has 0 saturated carbocycles. The molecule has 414 valence electrons. The van der Waals surface area contributed by atoms with E-state index in [1.165, 1.54) is 302 Å². The van der Waals surface area contributed by atoms with Gasteiger partial charge in [0, 0.05) is 6.42 Å². The number of hydrogen-bond acceptors (Lipinski definition) is 2. The number of rotatable bonds is 58. The van der Waals surface area contributed by atoms with E-state index in [-0.39, 0.29) is 5.92 Å². The van der Waals surface area contributed by atoms with Crippen molar-refractivity contribution in [3.63, 3.8) is 0 Å². The summed E-state index contributed by atoms with van der Waals surface area (Å²) in [7, 11) is 0. The number of carboxylic acid groups (broad SMARTS) is 2. The largest absolute Gasteiger partial charge is 0.481 e. The summed E-state index contributed by atoms with van der Waals surface area (Å²) in [6.07, 6.45) is 83.8. The summed E-state index contributed by atoms with van der Waals surface area (Å²) < 4.78 is 0. The topological polar surface area (TPSA) is 74.6 Å². The highest BCUT2D eigenvalue weighted by Gasteiger charge is 2.16. The second kappa shape index (κ2) is 65.2. The Hall–Kier alpha value is -1.84. The summed E-state index contributed by atoms with van der Waals surface area (Å²) in [4.78, 5) is 22.1. The van der Waals surface area contributed by atoms with Crippen LogP contribution in [0.1, 0.15) is 367 Å². The maximum Gasteiger partial charge on any atom is 0.306 e. The second-order valence-corrected chi connectivity index (χ2v) is 21.8. The normalized spacial score (nSPS) is 12.2. The van der Waals surface area contributed by atoms with Crippen LogP contribution in [0.5, 0.6) is 0 Å². The highest BCUT2D eigenvalue weighted by molar-refractivity contribution is 5.69. The molecule has 2 N–H and O–H groups in total. The van der Waals surface area contributed by atoms with Crippen molar-refractivity contribution in [3.05, 3.63) is 36.5 Å². The van der Waals surface area contributed by atoms with E-state index in [9.17, 15) is 14.7 Å². The highest BCUT2D eigenvalue weighted by atomic mass is 16.4. The van der Waals surface area contributed by atoms with Gasteiger partial charge < -0.3 is 10.2 Å². The second-order valence-electron chi connectivity index (χ2n) is 21.8. The average molecular weight is 984 g/mol. The van der Waals surface area contributed by atoms with Gasteiger partial charge in [-0.1, -0.05) is 301 Å². The van der Waals surface area contributed by atoms with Gasteiger partial charge in [-0.05, 0) is 96.3 Å². The van der Waals surface area contributed by atoms with E-state index >= 15 is 0 Å². The summed E-state index contributed by atoms with van der Waals surface area (Å²) in [5, 5.41) is 18.2. The van der Waals surface area contributed by atoms with Crippen molar-refractivity contribution < 1.29 is 19.8 Å². The Kier molecular flexibility index (Phi) is 65.4. The van der Waals surface area contributed by atoms with E-state index in [2.05, 4.69) is 57.2 Å². The lowest BCUT2D eigenvalue weighted by molar-refractivity contribution is -0.142. The molecule has 0 aliphatic rings. The lowest BCUT2D eigenvalue weighted by Gasteiger charge is -2.12. The third-order valence-corrected chi connectivity index (χ3v) is 14.6. The number of allylic oxidation sites excluding steroid dienone is 6. The molecule has 0 amide bonds. The molecule has 0 bridgehead atoms. The van der Waals surface area contributed by atoms with Gasteiger partial charge in [0.25, 0.3) is 0 Å². The third kappa shape index (κ3) is 66.2. The van der Waals surface area contributed by atoms with E-state index in [0.717, 1.165) is 38.5 Å². The van der Waals surface area contributed by atoms with Crippen LogP contribution in [0.4, 0.5) is 0 Å². The number of aliphatic carboxylic acids is 2. The van der Waals surface area contributed by atoms with Gasteiger partial charge in [0.15, 0.2) is 0 Å². The quantitative estimate of drug-likeness (QED) is 0.0470. The van der Waals surface area contributed by atoms with Gasteiger partial charge in [-0.3, -0.25) is 9.59 Å². The molecule has 0 rings (SSSR count). The minimum absolute atomic E-state index is 0.112. The molecule has 0 fully saturated rings. The van der Waals surface area contributed by atoms with Crippen molar-refractivity contribution >= 4 is 11.9 Å². The van der Waals surface area contributed by atoms with Crippen LogP contribution in [-0.4, -0.2) is 22.2 Å². The highest BCUT2D eigenvalue weighted by Crippen LogP contribution is 2.21. The van der Waals surface area contributed by atoms with Crippen molar-refractivity contribution in [1.82, 2.24) is 0 Å². The lowest BCUT2D eigenvalue weighted by Crippen LogP contribution is -2.13. The van der Waals surface area contributed by atoms with Crippen LogP contribution in [0.3, 0.4) is 0 Å². The molecule has 0 heterocycles. The Morgan fingerprint density at radius 1 is 0.271 bits per heavy atom. The van der Waals surface area contributed by atoms with E-state index in [1.807, 2.05) is 0 Å². The zero-order valence-corrected chi connectivity index (χ0v) is 47.9. The van der Waals surface area contributed by atoms with Crippen molar-refractivity contribution in [2.45, 2.75) is 367 Å². The van der Waals surface area contributed by atoms with E-state index < -0.39 is 11.9 Å². The van der Waals surface area contributed by atoms with Gasteiger partial charge in [0.2, 0.25) is 0 Å². The minimum Gasteiger partial charge on any atom is -0.481 e. The van der Waals surface area contributed by atoms with Crippen LogP contribution >= 0.6 is 0 Å². The van der Waals surface area contributed by atoms with E-state index in [4.69, 9.17) is 5.11 Å². The molecule has 1 unspecified atom stereocenters. The van der Waals surface area contributed by atoms with Crippen LogP contribution in [0.25, 0.3) is 0 Å². The molecule has 0 aliphatic carbocycles. The first-order valence-corrected chi connectivity index (χ1v) is 31.9. The van der Waals surface area contributed by atoms with Crippen LogP contribution in [0.2, 0.25) is 0 Å². The molecule has 70 heavy (non-hydrogen) atoms. The smallest absolute Gasteiger partial charge is 0.306 e. The molecule has 0 aromatic heterocycles. The molecule has 0 aromatic carbocycles. The van der Waals surface area contributed by atoms with Crippen LogP contribution in [0.15, 0.2) is 36.5 Å². The molecule has 0 spiro atoms. The fourth-order valence-electron chi connectivity index (χ4n) is 9.78. The monoisotopic (exact) mass is 983 g/mol. The fourth-order valence-corrected chi connectivity index (χ4v) is 9.78. The molecule has 4 nitrogen and oxygen atoms in total. The summed E-state index contributed by atoms with van der Waals surface area (Å²) in [5.41, 5.74) is 0. The first kappa shape index (κ1) is 70.2. The number of carbonyl (C=O) groups is 2. The third-order valence-electron chi connectivity index (χ3n) is 14.6. The fraction of sp³-hybridized carbons (Fsp3) is 0.879. The van der Waals surface area contributed by atoms with Gasteiger partial charge in [-0.25, -0.2) is 0 Å². The minimum atomic E-state index is -0.656. The zero-order chi connectivity index (χ0) is 51.2. The van der Waals surface area contributed by atoms with Crippen LogP contribution < -0.4 is 0 Å². The summed E-state index contributed by atoms with van der Waals surface area (Å²) in [5.74, 6) is -1.33. The summed E-state index contributed by atoms with van der Waals surface area (Å²) in [6, 6.07) is 0. The lowest BCUT2D eigenvalue weighted by atomic mass is 9.94. The Bertz CT molecular complexity index is 1080. The average Bonchev–Trinajstić information content (AvgIpc) is 3.35. The Labute approximate surface area is 439 Å². The predicted octanol–water partition coefficient (Wildman–Crippen LogP) is 23.6. The molecular formula is C66H126O4. The molecule has 0 saturated heterocycles. The van der Waals surface area contributed by atoms with Gasteiger partial charge in [0.05, 0.1) is 5.92 Å². The molecule has 0 aromatic rings.